The van der Waals surface area contributed by atoms with E-state index in [1.807, 2.05) is 25.1 Å². The van der Waals surface area contributed by atoms with Gasteiger partial charge in [0, 0.05) is 19.3 Å². The number of nitrogens with zero attached hydrogens (tertiary/aromatic N) is 4. The minimum absolute atomic E-state index is 0.102. The summed E-state index contributed by atoms with van der Waals surface area (Å²) in [6.45, 7) is 6.12. The summed E-state index contributed by atoms with van der Waals surface area (Å²) in [5.74, 6) is 0.137. The van der Waals surface area contributed by atoms with Crippen molar-refractivity contribution < 1.29 is 22.7 Å². The summed E-state index contributed by atoms with van der Waals surface area (Å²) in [7, 11) is 0. The molecule has 1 saturated heterocycles. The average Bonchev–Trinajstić information content (AvgIpc) is 3.52. The number of amides is 1. The summed E-state index contributed by atoms with van der Waals surface area (Å²) in [4.78, 5) is 16.5. The van der Waals surface area contributed by atoms with Crippen LogP contribution in [0.2, 0.25) is 0 Å². The van der Waals surface area contributed by atoms with Gasteiger partial charge in [-0.05, 0) is 75.6 Å². The van der Waals surface area contributed by atoms with Crippen molar-refractivity contribution >= 4 is 5.91 Å². The van der Waals surface area contributed by atoms with Crippen LogP contribution in [0.4, 0.5) is 13.2 Å². The van der Waals surface area contributed by atoms with Crippen molar-refractivity contribution in [2.24, 2.45) is 5.41 Å². The molecule has 1 amide bonds. The number of aromatic amines is 1. The predicted octanol–water partition coefficient (Wildman–Crippen LogP) is 3.98. The first-order chi connectivity index (χ1) is 18.0. The van der Waals surface area contributed by atoms with Crippen LogP contribution in [0.1, 0.15) is 67.1 Å². The average molecular weight is 532 g/mol. The second kappa shape index (κ2) is 9.72. The lowest BCUT2D eigenvalue weighted by molar-refractivity contribution is -0.182. The Balaban J connectivity index is 1.17. The largest absolute Gasteiger partial charge is 0.490 e. The molecule has 0 atom stereocenters. The fourth-order valence-corrected chi connectivity index (χ4v) is 4.92. The minimum Gasteiger partial charge on any atom is -0.490 e. The third-order valence-electron chi connectivity index (χ3n) is 7.77. The molecule has 2 aliphatic rings. The maximum absolute atomic E-state index is 13.2. The highest BCUT2D eigenvalue weighted by atomic mass is 19.4. The van der Waals surface area contributed by atoms with E-state index in [0.717, 1.165) is 56.8 Å². The number of halogens is 3. The zero-order valence-electron chi connectivity index (χ0n) is 21.7. The monoisotopic (exact) mass is 531 g/mol. The molecule has 3 aromatic rings. The second-order valence-electron chi connectivity index (χ2n) is 11.0. The Morgan fingerprint density at radius 1 is 1.24 bits per heavy atom. The summed E-state index contributed by atoms with van der Waals surface area (Å²) in [6, 6.07) is 5.82. The van der Waals surface area contributed by atoms with Crippen LogP contribution in [0.25, 0.3) is 5.69 Å². The van der Waals surface area contributed by atoms with Crippen molar-refractivity contribution in [1.29, 1.82) is 0 Å². The maximum Gasteiger partial charge on any atom is 0.401 e. The van der Waals surface area contributed by atoms with Crippen LogP contribution in [0.15, 0.2) is 30.6 Å². The molecular formula is C26H32F3N7O2. The van der Waals surface area contributed by atoms with Gasteiger partial charge < -0.3 is 15.4 Å². The fourth-order valence-electron chi connectivity index (χ4n) is 4.92. The number of alkyl halides is 3. The van der Waals surface area contributed by atoms with Crippen molar-refractivity contribution in [3.63, 3.8) is 0 Å². The molecule has 3 heterocycles. The molecule has 2 aromatic heterocycles. The van der Waals surface area contributed by atoms with E-state index in [0.29, 0.717) is 11.0 Å². The molecule has 12 heteroatoms. The maximum atomic E-state index is 13.2. The van der Waals surface area contributed by atoms with Gasteiger partial charge in [0.1, 0.15) is 17.0 Å². The Labute approximate surface area is 218 Å². The van der Waals surface area contributed by atoms with Crippen molar-refractivity contribution in [2.45, 2.75) is 70.7 Å². The molecule has 1 aliphatic heterocycles. The third kappa shape index (κ3) is 5.13. The van der Waals surface area contributed by atoms with Gasteiger partial charge >= 0.3 is 6.18 Å². The number of aromatic nitrogens is 5. The van der Waals surface area contributed by atoms with Gasteiger partial charge in [0.15, 0.2) is 5.82 Å². The Bertz CT molecular complexity index is 1300. The predicted molar refractivity (Wildman–Crippen MR) is 133 cm³/mol. The van der Waals surface area contributed by atoms with E-state index < -0.39 is 17.5 Å². The Kier molecular flexibility index (Phi) is 6.70. The van der Waals surface area contributed by atoms with E-state index >= 15 is 0 Å². The highest BCUT2D eigenvalue weighted by Crippen LogP contribution is 2.41. The first-order valence-electron chi connectivity index (χ1n) is 12.8. The second-order valence-corrected chi connectivity index (χ2v) is 11.0. The normalized spacial score (nSPS) is 17.8. The fraction of sp³-hybridized carbons (Fsp3) is 0.538. The van der Waals surface area contributed by atoms with E-state index in [9.17, 15) is 18.0 Å². The molecule has 3 N–H and O–H groups in total. The van der Waals surface area contributed by atoms with Crippen LogP contribution >= 0.6 is 0 Å². The number of nitrogens with one attached hydrogen (secondary N) is 3. The van der Waals surface area contributed by atoms with Crippen LogP contribution in [0.5, 0.6) is 5.75 Å². The molecule has 0 bridgehead atoms. The van der Waals surface area contributed by atoms with E-state index in [-0.39, 0.29) is 24.3 Å². The number of carbonyl (C=O) groups excluding carboxylic acids is 1. The minimum atomic E-state index is -4.50. The first-order valence-corrected chi connectivity index (χ1v) is 12.8. The lowest BCUT2D eigenvalue weighted by Crippen LogP contribution is -2.55. The van der Waals surface area contributed by atoms with Crippen LogP contribution in [-0.2, 0) is 12.0 Å². The smallest absolute Gasteiger partial charge is 0.401 e. The van der Waals surface area contributed by atoms with Gasteiger partial charge in [-0.3, -0.25) is 9.89 Å². The molecule has 9 nitrogen and oxygen atoms in total. The Morgan fingerprint density at radius 3 is 2.61 bits per heavy atom. The number of hydrogen-bond acceptors (Lipinski definition) is 6. The summed E-state index contributed by atoms with van der Waals surface area (Å²) in [5, 5.41) is 16.5. The van der Waals surface area contributed by atoms with Crippen molar-refractivity contribution in [3.05, 3.63) is 53.4 Å². The summed E-state index contributed by atoms with van der Waals surface area (Å²) >= 11 is 0. The van der Waals surface area contributed by atoms with Crippen molar-refractivity contribution in [1.82, 2.24) is 35.6 Å². The van der Waals surface area contributed by atoms with Gasteiger partial charge in [-0.2, -0.15) is 23.4 Å². The number of carbonyl (C=O) groups is 1. The summed E-state index contributed by atoms with van der Waals surface area (Å²) < 4.78 is 47.5. The van der Waals surface area contributed by atoms with Crippen LogP contribution in [0.3, 0.4) is 0 Å². The number of ether oxygens (including phenoxy) is 1. The Morgan fingerprint density at radius 2 is 1.97 bits per heavy atom. The van der Waals surface area contributed by atoms with Gasteiger partial charge in [-0.15, -0.1) is 0 Å². The Hall–Kier alpha value is -3.41. The van der Waals surface area contributed by atoms with Gasteiger partial charge in [0.25, 0.3) is 5.91 Å². The number of rotatable bonds is 7. The van der Waals surface area contributed by atoms with Crippen LogP contribution in [-0.4, -0.2) is 56.2 Å². The lowest BCUT2D eigenvalue weighted by atomic mass is 9.69. The van der Waals surface area contributed by atoms with Crippen molar-refractivity contribution in [2.75, 3.05) is 13.1 Å². The summed E-state index contributed by atoms with van der Waals surface area (Å²) in [5.41, 5.74) is 0.356. The molecular weight excluding hydrogens is 499 g/mol. The van der Waals surface area contributed by atoms with Crippen LogP contribution in [0, 0.1) is 12.3 Å². The topological polar surface area (TPSA) is 110 Å². The number of aryl methyl sites for hydroxylation is 1. The molecule has 5 rings (SSSR count). The molecule has 38 heavy (non-hydrogen) atoms. The zero-order valence-corrected chi connectivity index (χ0v) is 21.7. The van der Waals surface area contributed by atoms with E-state index in [2.05, 4.69) is 30.9 Å². The molecule has 204 valence electrons. The van der Waals surface area contributed by atoms with E-state index in [1.54, 1.807) is 10.9 Å². The SMILES string of the molecule is Cc1cc(OC2CCC3(CC2)CNC3)ccc1-n1cc(C(=O)NCc2nc(C(C)(C)C(F)(F)F)n[nH]2)cn1. The number of benzene rings is 1. The van der Waals surface area contributed by atoms with Gasteiger partial charge in [0.05, 0.1) is 30.1 Å². The van der Waals surface area contributed by atoms with Crippen molar-refractivity contribution in [3.8, 4) is 11.4 Å². The number of H-pyrrole nitrogens is 1. The van der Waals surface area contributed by atoms with Gasteiger partial charge in [-0.1, -0.05) is 0 Å². The van der Waals surface area contributed by atoms with Gasteiger partial charge in [-0.25, -0.2) is 9.67 Å². The third-order valence-corrected chi connectivity index (χ3v) is 7.77. The van der Waals surface area contributed by atoms with Crippen LogP contribution < -0.4 is 15.4 Å². The molecule has 0 unspecified atom stereocenters. The molecule has 1 spiro atoms. The highest BCUT2D eigenvalue weighted by molar-refractivity contribution is 5.93. The first kappa shape index (κ1) is 26.2. The zero-order chi connectivity index (χ0) is 27.1. The van der Waals surface area contributed by atoms with E-state index in [1.165, 1.54) is 19.0 Å². The summed E-state index contributed by atoms with van der Waals surface area (Å²) in [6.07, 6.45) is 3.29. The van der Waals surface area contributed by atoms with E-state index in [4.69, 9.17) is 4.74 Å². The standard InChI is InChI=1S/C26H32F3N7O2/c1-16-10-19(38-18-6-8-25(9-7-18)14-30-15-25)4-5-20(16)36-13-17(11-32-36)22(37)31-12-21-33-23(35-34-21)24(2,3)26(27,28)29/h4-5,10-11,13,18,30H,6-9,12,14-15H2,1-3H3,(H,31,37)(H,33,34,35). The molecule has 1 aromatic carbocycles. The number of hydrogen-bond donors (Lipinski definition) is 3. The molecule has 1 aliphatic carbocycles. The lowest BCUT2D eigenvalue weighted by Gasteiger charge is -2.47. The molecule has 1 saturated carbocycles. The molecule has 0 radical (unpaired) electrons. The highest BCUT2D eigenvalue weighted by Gasteiger charge is 2.51. The van der Waals surface area contributed by atoms with Gasteiger partial charge in [0.2, 0.25) is 0 Å². The molecule has 2 fully saturated rings. The quantitative estimate of drug-likeness (QED) is 0.426.